The molecule has 16 nitrogen and oxygen atoms in total. The summed E-state index contributed by atoms with van der Waals surface area (Å²) in [5.41, 5.74) is 13.7. The molecule has 0 bridgehead atoms. The van der Waals surface area contributed by atoms with Crippen molar-refractivity contribution < 1.29 is 14.9 Å². The summed E-state index contributed by atoms with van der Waals surface area (Å²) in [7, 11) is 0. The fraction of sp³-hybridized carbons (Fsp3) is 0.476. The molecule has 3 aromatic rings. The van der Waals surface area contributed by atoms with Crippen molar-refractivity contribution in [1.29, 1.82) is 0 Å². The third-order valence-electron chi connectivity index (χ3n) is 6.23. The molecule has 2 aliphatic rings. The number of aromatic nitrogens is 6. The zero-order valence-electron chi connectivity index (χ0n) is 19.8. The molecular weight excluding hydrogens is 488 g/mol. The van der Waals surface area contributed by atoms with Gasteiger partial charge < -0.3 is 25.3 Å². The van der Waals surface area contributed by atoms with Gasteiger partial charge in [-0.15, -0.1) is 0 Å². The quantitative estimate of drug-likeness (QED) is 0.129. The number of nitrogen functional groups attached to an aromatic ring is 1. The summed E-state index contributed by atoms with van der Waals surface area (Å²) >= 11 is 0. The molecule has 37 heavy (non-hydrogen) atoms. The zero-order chi connectivity index (χ0) is 26.7. The maximum atomic E-state index is 11.7. The third kappa shape index (κ3) is 5.31. The summed E-state index contributed by atoms with van der Waals surface area (Å²) in [6, 6.07) is -0.486. The van der Waals surface area contributed by atoms with Crippen molar-refractivity contribution in [3.05, 3.63) is 71.9 Å². The molecule has 0 amide bonds. The Kier molecular flexibility index (Phi) is 7.54. The number of nitrogens with two attached hydrogens (primary N) is 1. The van der Waals surface area contributed by atoms with E-state index in [1.54, 1.807) is 13.3 Å². The summed E-state index contributed by atoms with van der Waals surface area (Å²) in [4.78, 5) is 50.1. The number of nitrogens with zero attached hydrogens (tertiary/aromatic N) is 7. The Morgan fingerprint density at radius 3 is 2.65 bits per heavy atom. The maximum absolute atomic E-state index is 11.7. The van der Waals surface area contributed by atoms with E-state index in [2.05, 4.69) is 30.0 Å². The number of aliphatic hydroxyl groups is 2. The highest BCUT2D eigenvalue weighted by Gasteiger charge is 2.35. The fourth-order valence-corrected chi connectivity index (χ4v) is 4.32. The molecule has 16 heteroatoms. The minimum atomic E-state index is -0.671. The van der Waals surface area contributed by atoms with Gasteiger partial charge in [0.25, 0.3) is 11.1 Å². The average molecular weight is 515 g/mol. The van der Waals surface area contributed by atoms with E-state index in [1.165, 1.54) is 10.8 Å². The van der Waals surface area contributed by atoms with Crippen LogP contribution in [0.3, 0.4) is 0 Å². The van der Waals surface area contributed by atoms with Crippen LogP contribution in [0.25, 0.3) is 21.6 Å². The molecule has 6 N–H and O–H groups in total. The van der Waals surface area contributed by atoms with Crippen LogP contribution < -0.4 is 22.5 Å². The molecular formula is C21H26N10O6. The summed E-state index contributed by atoms with van der Waals surface area (Å²) in [5.74, 6) is 0.224. The van der Waals surface area contributed by atoms with Gasteiger partial charge in [-0.2, -0.15) is 4.98 Å². The van der Waals surface area contributed by atoms with Gasteiger partial charge in [0, 0.05) is 35.6 Å². The minimum absolute atomic E-state index is 0.0563. The highest BCUT2D eigenvalue weighted by atomic mass is 16.5. The Hall–Kier alpha value is -4.24. The molecule has 0 spiro atoms. The van der Waals surface area contributed by atoms with Crippen LogP contribution in [0.5, 0.6) is 0 Å². The van der Waals surface area contributed by atoms with Crippen LogP contribution in [-0.2, 0) is 4.74 Å². The van der Waals surface area contributed by atoms with Gasteiger partial charge in [-0.25, -0.2) is 9.78 Å². The molecule has 0 saturated carbocycles. The number of hydrogen-bond donors (Lipinski definition) is 5. The van der Waals surface area contributed by atoms with Gasteiger partial charge in [0.15, 0.2) is 11.2 Å². The van der Waals surface area contributed by atoms with Crippen LogP contribution in [0.4, 0.5) is 5.95 Å². The molecule has 1 saturated heterocycles. The second kappa shape index (κ2) is 10.8. The number of imidazole rings is 1. The molecule has 5 atom stereocenters. The van der Waals surface area contributed by atoms with Gasteiger partial charge in [-0.1, -0.05) is 17.3 Å². The van der Waals surface area contributed by atoms with Crippen molar-refractivity contribution in [3.8, 4) is 0 Å². The summed E-state index contributed by atoms with van der Waals surface area (Å²) in [5, 5.41) is 21.8. The lowest BCUT2D eigenvalue weighted by molar-refractivity contribution is -0.0271. The Morgan fingerprint density at radius 2 is 1.97 bits per heavy atom. The SMILES string of the molecule is Cc1cn([C@H]2C[C@H](N=[N+]=[N-])[C@@H](CO)O2)c(=O)[nH]c1=O.Nc1nc2c(ncn2[C@H]2C=C[C@@H](CO)C2)c(=O)[nH]1. The molecule has 1 fully saturated rings. The number of H-pyrrole nitrogens is 2. The van der Waals surface area contributed by atoms with Gasteiger partial charge in [0.1, 0.15) is 6.23 Å². The Labute approximate surface area is 207 Å². The number of allylic oxidation sites excluding steroid dienone is 1. The number of anilines is 1. The zero-order valence-corrected chi connectivity index (χ0v) is 19.8. The Balaban J connectivity index is 0.000000173. The predicted molar refractivity (Wildman–Crippen MR) is 131 cm³/mol. The Bertz CT molecular complexity index is 1530. The number of rotatable bonds is 5. The summed E-state index contributed by atoms with van der Waals surface area (Å²) < 4.78 is 8.50. The molecule has 0 unspecified atom stereocenters. The topological polar surface area (TPSA) is 243 Å². The first kappa shape index (κ1) is 25.8. The smallest absolute Gasteiger partial charge is 0.330 e. The molecule has 4 heterocycles. The maximum Gasteiger partial charge on any atom is 0.330 e. The first-order valence-corrected chi connectivity index (χ1v) is 11.4. The standard InChI is InChI=1S/C11H13N5O2.C10H13N5O4/c12-11-14-9-8(10(18)15-11)13-5-16(9)7-2-1-6(3-7)4-17;1-5-3-15(10(18)12-9(5)17)8-2-6(13-14-11)7(4-16)19-8/h1-2,5-7,17H,3-4H2,(H3,12,14,15,18);3,6-8,16H,2,4H2,1H3,(H,12,17,18)/t6-,7+;6-,7+,8+/m10/s1. The summed E-state index contributed by atoms with van der Waals surface area (Å²) in [6.07, 6.45) is 6.64. The van der Waals surface area contributed by atoms with E-state index in [0.717, 1.165) is 6.42 Å². The molecule has 1 aliphatic heterocycles. The first-order valence-electron chi connectivity index (χ1n) is 11.4. The van der Waals surface area contributed by atoms with Gasteiger partial charge in [0.05, 0.1) is 31.1 Å². The van der Waals surface area contributed by atoms with Crippen LogP contribution in [-0.4, -0.2) is 64.6 Å². The molecule has 196 valence electrons. The number of nitrogens with one attached hydrogen (secondary N) is 2. The number of aryl methyl sites for hydroxylation is 1. The minimum Gasteiger partial charge on any atom is -0.396 e. The third-order valence-corrected chi connectivity index (χ3v) is 6.23. The lowest BCUT2D eigenvalue weighted by atomic mass is 10.1. The van der Waals surface area contributed by atoms with Crippen molar-refractivity contribution >= 4 is 17.1 Å². The van der Waals surface area contributed by atoms with Crippen molar-refractivity contribution in [2.45, 2.75) is 44.2 Å². The second-order valence-corrected chi connectivity index (χ2v) is 8.70. The van der Waals surface area contributed by atoms with Crippen LogP contribution in [0.2, 0.25) is 0 Å². The molecule has 0 radical (unpaired) electrons. The molecule has 3 aromatic heterocycles. The number of hydrogen-bond acceptors (Lipinski definition) is 10. The van der Waals surface area contributed by atoms with E-state index in [0.29, 0.717) is 11.2 Å². The van der Waals surface area contributed by atoms with E-state index < -0.39 is 29.6 Å². The van der Waals surface area contributed by atoms with Crippen LogP contribution >= 0.6 is 0 Å². The van der Waals surface area contributed by atoms with Crippen molar-refractivity contribution in [2.75, 3.05) is 18.9 Å². The average Bonchev–Trinajstić information content (AvgIpc) is 3.60. The number of aliphatic hydroxyl groups excluding tert-OH is 2. The largest absolute Gasteiger partial charge is 0.396 e. The lowest BCUT2D eigenvalue weighted by Crippen LogP contribution is -2.33. The number of aromatic amines is 2. The van der Waals surface area contributed by atoms with Crippen molar-refractivity contribution in [2.24, 2.45) is 11.0 Å². The molecule has 5 rings (SSSR count). The van der Waals surface area contributed by atoms with Crippen LogP contribution in [0.1, 0.15) is 30.7 Å². The van der Waals surface area contributed by atoms with Gasteiger partial charge in [-0.3, -0.25) is 24.1 Å². The van der Waals surface area contributed by atoms with Gasteiger partial charge in [-0.05, 0) is 18.9 Å². The highest BCUT2D eigenvalue weighted by molar-refractivity contribution is 5.70. The molecule has 0 aromatic carbocycles. The number of azide groups is 1. The fourth-order valence-electron chi connectivity index (χ4n) is 4.32. The van der Waals surface area contributed by atoms with E-state index in [-0.39, 0.29) is 48.6 Å². The predicted octanol–water partition coefficient (Wildman–Crippen LogP) is -0.385. The number of fused-ring (bicyclic) bond motifs is 1. The van der Waals surface area contributed by atoms with Crippen molar-refractivity contribution in [1.82, 2.24) is 29.1 Å². The Morgan fingerprint density at radius 1 is 1.19 bits per heavy atom. The van der Waals surface area contributed by atoms with E-state index in [1.807, 2.05) is 16.7 Å². The second-order valence-electron chi connectivity index (χ2n) is 8.70. The molecule has 1 aliphatic carbocycles. The first-order chi connectivity index (χ1) is 17.7. The van der Waals surface area contributed by atoms with Crippen LogP contribution in [0.15, 0.2) is 44.2 Å². The van der Waals surface area contributed by atoms with Gasteiger partial charge >= 0.3 is 5.69 Å². The van der Waals surface area contributed by atoms with E-state index >= 15 is 0 Å². The lowest BCUT2D eigenvalue weighted by Gasteiger charge is -2.14. The van der Waals surface area contributed by atoms with E-state index in [9.17, 15) is 14.4 Å². The number of ether oxygens (including phenoxy) is 1. The van der Waals surface area contributed by atoms with Gasteiger partial charge in [0.2, 0.25) is 5.95 Å². The normalized spacial score (nSPS) is 24.6. The van der Waals surface area contributed by atoms with E-state index in [4.69, 9.17) is 26.2 Å². The monoisotopic (exact) mass is 514 g/mol. The van der Waals surface area contributed by atoms with Crippen LogP contribution in [0, 0.1) is 12.8 Å². The highest BCUT2D eigenvalue weighted by Crippen LogP contribution is 2.30. The van der Waals surface area contributed by atoms with Crippen molar-refractivity contribution in [3.63, 3.8) is 0 Å². The summed E-state index contributed by atoms with van der Waals surface area (Å²) in [6.45, 7) is 1.38.